The predicted octanol–water partition coefficient (Wildman–Crippen LogP) is 3.48. The average Bonchev–Trinajstić information content (AvgIpc) is 2.70. The van der Waals surface area contributed by atoms with Crippen molar-refractivity contribution in [3.05, 3.63) is 35.5 Å². The smallest absolute Gasteiger partial charge is 0.337 e. The molecule has 0 saturated heterocycles. The van der Waals surface area contributed by atoms with Crippen LogP contribution in [-0.4, -0.2) is 15.6 Å². The predicted molar refractivity (Wildman–Crippen MR) is 68.7 cm³/mol. The molecule has 2 rings (SSSR count). The average molecular weight is 231 g/mol. The van der Waals surface area contributed by atoms with E-state index in [1.54, 1.807) is 6.07 Å². The summed E-state index contributed by atoms with van der Waals surface area (Å²) in [6.07, 6.45) is 1.95. The maximum Gasteiger partial charge on any atom is 0.337 e. The van der Waals surface area contributed by atoms with E-state index >= 15 is 0 Å². The van der Waals surface area contributed by atoms with Crippen LogP contribution >= 0.6 is 0 Å². The highest BCUT2D eigenvalue weighted by Crippen LogP contribution is 2.26. The van der Waals surface area contributed by atoms with Gasteiger partial charge in [0, 0.05) is 18.1 Å². The molecular formula is C14H17NO2. The SMILES string of the molecule is CCn1ccc2cc(C(C)C)cc(C(=O)O)c21. The van der Waals surface area contributed by atoms with Gasteiger partial charge < -0.3 is 9.67 Å². The number of hydrogen-bond donors (Lipinski definition) is 1. The first-order valence-electron chi connectivity index (χ1n) is 5.90. The first-order valence-corrected chi connectivity index (χ1v) is 5.90. The van der Waals surface area contributed by atoms with Crippen molar-refractivity contribution in [2.24, 2.45) is 0 Å². The molecule has 0 saturated carbocycles. The van der Waals surface area contributed by atoms with Gasteiger partial charge in [-0.15, -0.1) is 0 Å². The lowest BCUT2D eigenvalue weighted by atomic mass is 9.98. The van der Waals surface area contributed by atoms with Gasteiger partial charge in [-0.1, -0.05) is 13.8 Å². The van der Waals surface area contributed by atoms with Crippen LogP contribution in [0.1, 0.15) is 42.6 Å². The second-order valence-electron chi connectivity index (χ2n) is 4.57. The zero-order valence-electron chi connectivity index (χ0n) is 10.4. The summed E-state index contributed by atoms with van der Waals surface area (Å²) in [4.78, 5) is 11.3. The highest BCUT2D eigenvalue weighted by molar-refractivity contribution is 6.02. The molecule has 0 amide bonds. The van der Waals surface area contributed by atoms with E-state index in [0.717, 1.165) is 23.0 Å². The third-order valence-corrected chi connectivity index (χ3v) is 3.12. The molecule has 0 unspecified atom stereocenters. The van der Waals surface area contributed by atoms with Crippen molar-refractivity contribution in [3.63, 3.8) is 0 Å². The van der Waals surface area contributed by atoms with Gasteiger partial charge >= 0.3 is 5.97 Å². The molecule has 0 aliphatic carbocycles. The normalized spacial score (nSPS) is 11.3. The van der Waals surface area contributed by atoms with Crippen molar-refractivity contribution < 1.29 is 9.90 Å². The molecule has 90 valence electrons. The first-order chi connectivity index (χ1) is 8.04. The molecule has 1 aromatic carbocycles. The number of carboxylic acid groups (broad SMARTS) is 1. The van der Waals surface area contributed by atoms with E-state index in [2.05, 4.69) is 19.9 Å². The summed E-state index contributed by atoms with van der Waals surface area (Å²) in [6.45, 7) is 6.94. The summed E-state index contributed by atoms with van der Waals surface area (Å²) in [6, 6.07) is 5.86. The van der Waals surface area contributed by atoms with Crippen molar-refractivity contribution >= 4 is 16.9 Å². The standard InChI is InChI=1S/C14H17NO2/c1-4-15-6-5-10-7-11(9(2)3)8-12(13(10)15)14(16)17/h5-9H,4H2,1-3H3,(H,16,17). The van der Waals surface area contributed by atoms with Crippen molar-refractivity contribution in [2.45, 2.75) is 33.2 Å². The third kappa shape index (κ3) is 1.93. The fourth-order valence-electron chi connectivity index (χ4n) is 2.13. The number of aryl methyl sites for hydroxylation is 1. The van der Waals surface area contributed by atoms with Crippen LogP contribution in [0.25, 0.3) is 10.9 Å². The first kappa shape index (κ1) is 11.7. The summed E-state index contributed by atoms with van der Waals surface area (Å²) in [5.74, 6) is -0.520. The molecule has 1 N–H and O–H groups in total. The Morgan fingerprint density at radius 2 is 2.12 bits per heavy atom. The Labute approximate surface area is 101 Å². The van der Waals surface area contributed by atoms with Crippen LogP contribution in [0.5, 0.6) is 0 Å². The number of nitrogens with zero attached hydrogens (tertiary/aromatic N) is 1. The summed E-state index contributed by atoms with van der Waals surface area (Å²) >= 11 is 0. The Hall–Kier alpha value is -1.77. The van der Waals surface area contributed by atoms with E-state index in [-0.39, 0.29) is 0 Å². The fourth-order valence-corrected chi connectivity index (χ4v) is 2.13. The molecular weight excluding hydrogens is 214 g/mol. The van der Waals surface area contributed by atoms with E-state index in [0.29, 0.717) is 11.5 Å². The number of fused-ring (bicyclic) bond motifs is 1. The Morgan fingerprint density at radius 3 is 2.65 bits per heavy atom. The van der Waals surface area contributed by atoms with E-state index in [1.807, 2.05) is 23.8 Å². The van der Waals surface area contributed by atoms with Gasteiger partial charge in [-0.05, 0) is 36.6 Å². The number of aromatic carboxylic acids is 1. The number of rotatable bonds is 3. The lowest BCUT2D eigenvalue weighted by Gasteiger charge is -2.10. The van der Waals surface area contributed by atoms with E-state index in [1.165, 1.54) is 0 Å². The molecule has 0 aliphatic heterocycles. The fraction of sp³-hybridized carbons (Fsp3) is 0.357. The van der Waals surface area contributed by atoms with Gasteiger partial charge in [0.25, 0.3) is 0 Å². The summed E-state index contributed by atoms with van der Waals surface area (Å²) in [7, 11) is 0. The largest absolute Gasteiger partial charge is 0.478 e. The molecule has 3 nitrogen and oxygen atoms in total. The Kier molecular flexibility index (Phi) is 2.92. The summed E-state index contributed by atoms with van der Waals surface area (Å²) in [5.41, 5.74) is 2.30. The van der Waals surface area contributed by atoms with Gasteiger partial charge in [0.1, 0.15) is 0 Å². The zero-order chi connectivity index (χ0) is 12.6. The molecule has 17 heavy (non-hydrogen) atoms. The summed E-state index contributed by atoms with van der Waals surface area (Å²) < 4.78 is 1.98. The van der Waals surface area contributed by atoms with E-state index < -0.39 is 5.97 Å². The molecule has 2 aromatic rings. The minimum absolute atomic E-state index is 0.336. The topological polar surface area (TPSA) is 42.2 Å². The van der Waals surface area contributed by atoms with Crippen LogP contribution in [0.15, 0.2) is 24.4 Å². The van der Waals surface area contributed by atoms with Crippen LogP contribution in [0.2, 0.25) is 0 Å². The van der Waals surface area contributed by atoms with Gasteiger partial charge in [-0.2, -0.15) is 0 Å². The Bertz CT molecular complexity index is 567. The highest BCUT2D eigenvalue weighted by atomic mass is 16.4. The van der Waals surface area contributed by atoms with E-state index in [4.69, 9.17) is 0 Å². The Morgan fingerprint density at radius 1 is 1.41 bits per heavy atom. The molecule has 0 aliphatic rings. The van der Waals surface area contributed by atoms with Crippen LogP contribution in [0.4, 0.5) is 0 Å². The lowest BCUT2D eigenvalue weighted by Crippen LogP contribution is -2.04. The minimum Gasteiger partial charge on any atom is -0.478 e. The van der Waals surface area contributed by atoms with Crippen LogP contribution in [-0.2, 0) is 6.54 Å². The maximum absolute atomic E-state index is 11.3. The summed E-state index contributed by atoms with van der Waals surface area (Å²) in [5, 5.41) is 10.3. The van der Waals surface area contributed by atoms with Crippen molar-refractivity contribution in [3.8, 4) is 0 Å². The Balaban J connectivity index is 2.79. The third-order valence-electron chi connectivity index (χ3n) is 3.12. The van der Waals surface area contributed by atoms with E-state index in [9.17, 15) is 9.90 Å². The molecule has 1 heterocycles. The monoisotopic (exact) mass is 231 g/mol. The second-order valence-corrected chi connectivity index (χ2v) is 4.57. The maximum atomic E-state index is 11.3. The number of hydrogen-bond acceptors (Lipinski definition) is 1. The molecule has 3 heteroatoms. The highest BCUT2D eigenvalue weighted by Gasteiger charge is 2.14. The number of benzene rings is 1. The molecule has 0 bridgehead atoms. The number of carboxylic acids is 1. The zero-order valence-corrected chi connectivity index (χ0v) is 10.4. The molecule has 0 fully saturated rings. The minimum atomic E-state index is -0.856. The van der Waals surface area contributed by atoms with Crippen LogP contribution in [0.3, 0.4) is 0 Å². The van der Waals surface area contributed by atoms with Gasteiger partial charge in [-0.25, -0.2) is 4.79 Å². The molecule has 1 aromatic heterocycles. The van der Waals surface area contributed by atoms with Crippen molar-refractivity contribution in [1.29, 1.82) is 0 Å². The second kappa shape index (κ2) is 4.24. The van der Waals surface area contributed by atoms with Crippen LogP contribution < -0.4 is 0 Å². The molecule has 0 radical (unpaired) electrons. The van der Waals surface area contributed by atoms with Gasteiger partial charge in [0.2, 0.25) is 0 Å². The van der Waals surface area contributed by atoms with Gasteiger partial charge in [0.15, 0.2) is 0 Å². The number of aromatic nitrogens is 1. The van der Waals surface area contributed by atoms with Crippen molar-refractivity contribution in [1.82, 2.24) is 4.57 Å². The van der Waals surface area contributed by atoms with Crippen molar-refractivity contribution in [2.75, 3.05) is 0 Å². The lowest BCUT2D eigenvalue weighted by molar-refractivity contribution is 0.0698. The molecule has 0 spiro atoms. The van der Waals surface area contributed by atoms with Crippen LogP contribution in [0, 0.1) is 0 Å². The quantitative estimate of drug-likeness (QED) is 0.878. The number of carbonyl (C=O) groups is 1. The van der Waals surface area contributed by atoms with Gasteiger partial charge in [-0.3, -0.25) is 0 Å². The molecule has 0 atom stereocenters. The van der Waals surface area contributed by atoms with Gasteiger partial charge in [0.05, 0.1) is 11.1 Å².